The second kappa shape index (κ2) is 7.98. The first-order valence-electron chi connectivity index (χ1n) is 7.74. The molecule has 0 radical (unpaired) electrons. The van der Waals surface area contributed by atoms with Crippen LogP contribution in [0.25, 0.3) is 11.1 Å². The van der Waals surface area contributed by atoms with Crippen molar-refractivity contribution in [2.24, 2.45) is 0 Å². The molecule has 28 heavy (non-hydrogen) atoms. The first-order valence-corrected chi connectivity index (χ1v) is 7.74. The lowest BCUT2D eigenvalue weighted by Gasteiger charge is -2.17. The molecular formula is C19H13N3O6. The van der Waals surface area contributed by atoms with Crippen molar-refractivity contribution in [1.29, 1.82) is 10.5 Å². The molecule has 0 atom stereocenters. The van der Waals surface area contributed by atoms with Gasteiger partial charge in [0.1, 0.15) is 12.1 Å². The molecule has 0 aromatic heterocycles. The SMILES string of the molecule is COC(=O)c1c(C)c(C#N)c(-c2ccc([N+](=O)[O-])cc2)c(C#N)c1C(=O)OC. The number of benzene rings is 2. The summed E-state index contributed by atoms with van der Waals surface area (Å²) in [6.45, 7) is 1.44. The standard InChI is InChI=1S/C19H13N3O6/c1-10-13(8-20)16(11-4-6-12(7-5-11)22(25)26)14(9-21)17(19(24)28-3)15(10)18(23)27-2/h4-7H,1-3H3. The zero-order valence-corrected chi connectivity index (χ0v) is 15.1. The summed E-state index contributed by atoms with van der Waals surface area (Å²) >= 11 is 0. The van der Waals surface area contributed by atoms with Crippen LogP contribution in [0.3, 0.4) is 0 Å². The maximum absolute atomic E-state index is 12.4. The topological polar surface area (TPSA) is 143 Å². The Morgan fingerprint density at radius 2 is 1.46 bits per heavy atom. The van der Waals surface area contributed by atoms with Crippen molar-refractivity contribution in [3.05, 3.63) is 62.2 Å². The fourth-order valence-corrected chi connectivity index (χ4v) is 2.83. The molecule has 0 amide bonds. The van der Waals surface area contributed by atoms with Gasteiger partial charge in [0, 0.05) is 17.7 Å². The molecule has 2 rings (SSSR count). The average molecular weight is 379 g/mol. The molecule has 0 aliphatic carbocycles. The van der Waals surface area contributed by atoms with E-state index in [-0.39, 0.29) is 39.1 Å². The lowest BCUT2D eigenvalue weighted by atomic mass is 9.84. The maximum atomic E-state index is 12.4. The monoisotopic (exact) mass is 379 g/mol. The van der Waals surface area contributed by atoms with Crippen LogP contribution in [-0.2, 0) is 9.47 Å². The van der Waals surface area contributed by atoms with Crippen LogP contribution >= 0.6 is 0 Å². The van der Waals surface area contributed by atoms with Gasteiger partial charge in [-0.3, -0.25) is 10.1 Å². The fourth-order valence-electron chi connectivity index (χ4n) is 2.83. The number of non-ortho nitro benzene ring substituents is 1. The van der Waals surface area contributed by atoms with Crippen LogP contribution in [0.2, 0.25) is 0 Å². The van der Waals surface area contributed by atoms with E-state index in [9.17, 15) is 30.2 Å². The van der Waals surface area contributed by atoms with Gasteiger partial charge in [-0.05, 0) is 30.2 Å². The van der Waals surface area contributed by atoms with E-state index in [0.717, 1.165) is 14.2 Å². The Labute approximate surface area is 159 Å². The molecule has 0 bridgehead atoms. The van der Waals surface area contributed by atoms with Crippen LogP contribution in [0.15, 0.2) is 24.3 Å². The molecule has 2 aromatic rings. The Hall–Kier alpha value is -4.24. The number of carbonyl (C=O) groups is 2. The highest BCUT2D eigenvalue weighted by molar-refractivity contribution is 6.08. The predicted molar refractivity (Wildman–Crippen MR) is 95.4 cm³/mol. The summed E-state index contributed by atoms with van der Waals surface area (Å²) in [4.78, 5) is 34.9. The van der Waals surface area contributed by atoms with Crippen molar-refractivity contribution in [2.45, 2.75) is 6.92 Å². The van der Waals surface area contributed by atoms with Gasteiger partial charge in [0.25, 0.3) is 5.69 Å². The number of rotatable bonds is 4. The quantitative estimate of drug-likeness (QED) is 0.448. The number of carbonyl (C=O) groups excluding carboxylic acids is 2. The summed E-state index contributed by atoms with van der Waals surface area (Å²) in [6.07, 6.45) is 0. The summed E-state index contributed by atoms with van der Waals surface area (Å²) in [5.74, 6) is -1.85. The fraction of sp³-hybridized carbons (Fsp3) is 0.158. The van der Waals surface area contributed by atoms with E-state index < -0.39 is 16.9 Å². The van der Waals surface area contributed by atoms with E-state index in [2.05, 4.69) is 0 Å². The van der Waals surface area contributed by atoms with Crippen LogP contribution < -0.4 is 0 Å². The van der Waals surface area contributed by atoms with Crippen LogP contribution in [-0.4, -0.2) is 31.1 Å². The number of hydrogen-bond donors (Lipinski definition) is 0. The summed E-state index contributed by atoms with van der Waals surface area (Å²) in [5, 5.41) is 30.2. The van der Waals surface area contributed by atoms with Crippen LogP contribution in [0.1, 0.15) is 37.4 Å². The molecule has 0 fully saturated rings. The third kappa shape index (κ3) is 3.24. The maximum Gasteiger partial charge on any atom is 0.340 e. The van der Waals surface area contributed by atoms with Gasteiger partial charge in [0.05, 0.1) is 41.4 Å². The molecular weight excluding hydrogens is 366 g/mol. The normalized spacial score (nSPS) is 9.75. The molecule has 0 unspecified atom stereocenters. The third-order valence-corrected chi connectivity index (χ3v) is 4.12. The minimum Gasteiger partial charge on any atom is -0.465 e. The van der Waals surface area contributed by atoms with E-state index in [0.29, 0.717) is 5.56 Å². The average Bonchev–Trinajstić information content (AvgIpc) is 2.71. The molecule has 9 heteroatoms. The van der Waals surface area contributed by atoms with Gasteiger partial charge in [-0.25, -0.2) is 9.59 Å². The molecule has 0 aliphatic heterocycles. The van der Waals surface area contributed by atoms with Gasteiger partial charge in [0.2, 0.25) is 0 Å². The number of hydrogen-bond acceptors (Lipinski definition) is 8. The minimum atomic E-state index is -0.951. The van der Waals surface area contributed by atoms with E-state index >= 15 is 0 Å². The Morgan fingerprint density at radius 1 is 0.964 bits per heavy atom. The predicted octanol–water partition coefficient (Wildman–Crippen LogP) is 2.89. The summed E-state index contributed by atoms with van der Waals surface area (Å²) in [5.41, 5.74) is -0.552. The third-order valence-electron chi connectivity index (χ3n) is 4.12. The molecule has 0 saturated carbocycles. The molecule has 140 valence electrons. The zero-order chi connectivity index (χ0) is 21.0. The molecule has 0 N–H and O–H groups in total. The summed E-state index contributed by atoms with van der Waals surface area (Å²) < 4.78 is 9.41. The Morgan fingerprint density at radius 3 is 1.89 bits per heavy atom. The lowest BCUT2D eigenvalue weighted by molar-refractivity contribution is -0.384. The number of nitrogens with zero attached hydrogens (tertiary/aromatic N) is 3. The second-order valence-corrected chi connectivity index (χ2v) is 5.51. The van der Waals surface area contributed by atoms with Crippen molar-refractivity contribution in [1.82, 2.24) is 0 Å². The Bertz CT molecular complexity index is 1080. The van der Waals surface area contributed by atoms with E-state index in [1.807, 2.05) is 12.1 Å². The van der Waals surface area contributed by atoms with Crippen molar-refractivity contribution in [3.63, 3.8) is 0 Å². The zero-order valence-electron chi connectivity index (χ0n) is 15.1. The van der Waals surface area contributed by atoms with E-state index in [1.165, 1.54) is 31.2 Å². The van der Waals surface area contributed by atoms with Crippen LogP contribution in [0, 0.1) is 39.7 Å². The van der Waals surface area contributed by atoms with Gasteiger partial charge in [0.15, 0.2) is 0 Å². The number of ether oxygens (including phenoxy) is 2. The largest absolute Gasteiger partial charge is 0.465 e. The van der Waals surface area contributed by atoms with Crippen LogP contribution in [0.4, 0.5) is 5.69 Å². The van der Waals surface area contributed by atoms with Gasteiger partial charge < -0.3 is 9.47 Å². The van der Waals surface area contributed by atoms with Crippen molar-refractivity contribution < 1.29 is 24.0 Å². The molecule has 0 heterocycles. The minimum absolute atomic E-state index is 0.0292. The molecule has 2 aromatic carbocycles. The molecule has 0 spiro atoms. The van der Waals surface area contributed by atoms with E-state index in [4.69, 9.17) is 9.47 Å². The van der Waals surface area contributed by atoms with Gasteiger partial charge >= 0.3 is 11.9 Å². The van der Waals surface area contributed by atoms with Gasteiger partial charge in [-0.1, -0.05) is 0 Å². The Balaban J connectivity index is 3.01. The summed E-state index contributed by atoms with van der Waals surface area (Å²) in [7, 11) is 2.19. The first-order chi connectivity index (χ1) is 13.3. The highest BCUT2D eigenvalue weighted by atomic mass is 16.6. The number of nitro groups is 1. The number of esters is 2. The lowest BCUT2D eigenvalue weighted by Crippen LogP contribution is -2.18. The van der Waals surface area contributed by atoms with Crippen molar-refractivity contribution in [2.75, 3.05) is 14.2 Å². The first kappa shape index (κ1) is 20.1. The van der Waals surface area contributed by atoms with Gasteiger partial charge in [-0.2, -0.15) is 10.5 Å². The highest BCUT2D eigenvalue weighted by Gasteiger charge is 2.31. The Kier molecular flexibility index (Phi) is 5.72. The second-order valence-electron chi connectivity index (χ2n) is 5.51. The van der Waals surface area contributed by atoms with E-state index in [1.54, 1.807) is 0 Å². The molecule has 0 saturated heterocycles. The van der Waals surface area contributed by atoms with Crippen molar-refractivity contribution in [3.8, 4) is 23.3 Å². The number of nitriles is 2. The summed E-state index contributed by atoms with van der Waals surface area (Å²) in [6, 6.07) is 8.90. The molecule has 0 aliphatic rings. The smallest absolute Gasteiger partial charge is 0.340 e. The van der Waals surface area contributed by atoms with Gasteiger partial charge in [-0.15, -0.1) is 0 Å². The number of methoxy groups -OCH3 is 2. The highest BCUT2D eigenvalue weighted by Crippen LogP contribution is 2.36. The molecule has 9 nitrogen and oxygen atoms in total. The van der Waals surface area contributed by atoms with Crippen molar-refractivity contribution >= 4 is 17.6 Å². The van der Waals surface area contributed by atoms with Crippen LogP contribution in [0.5, 0.6) is 0 Å². The number of nitro benzene ring substituents is 1.